The van der Waals surface area contributed by atoms with Gasteiger partial charge in [0.15, 0.2) is 14.6 Å². The second-order valence-corrected chi connectivity index (χ2v) is 15.1. The minimum absolute atomic E-state index is 0.0579. The van der Waals surface area contributed by atoms with Crippen molar-refractivity contribution in [1.82, 2.24) is 0 Å². The Kier molecular flexibility index (Phi) is 13.7. The molecule has 172 valence electrons. The summed E-state index contributed by atoms with van der Waals surface area (Å²) in [5.41, 5.74) is 0. The predicted octanol–water partition coefficient (Wildman–Crippen LogP) is 8.01. The van der Waals surface area contributed by atoms with E-state index in [1.807, 2.05) is 0 Å². The predicted molar refractivity (Wildman–Crippen MR) is 128 cm³/mol. The van der Waals surface area contributed by atoms with E-state index < -0.39 is 8.32 Å². The molecule has 1 rings (SSSR count). The van der Waals surface area contributed by atoms with Crippen LogP contribution in [0, 0.1) is 0 Å². The molecule has 0 bridgehead atoms. The Labute approximate surface area is 183 Å². The summed E-state index contributed by atoms with van der Waals surface area (Å²) < 4.78 is 17.9. The van der Waals surface area contributed by atoms with Crippen molar-refractivity contribution in [2.75, 3.05) is 13.2 Å². The maximum atomic E-state index is 6.23. The van der Waals surface area contributed by atoms with Gasteiger partial charge in [-0.2, -0.15) is 0 Å². The van der Waals surface area contributed by atoms with Crippen LogP contribution in [0.3, 0.4) is 0 Å². The highest BCUT2D eigenvalue weighted by Gasteiger charge is 2.36. The third-order valence-corrected chi connectivity index (χ3v) is 11.0. The van der Waals surface area contributed by atoms with Crippen LogP contribution in [-0.2, 0) is 13.9 Å². The molecule has 1 aliphatic rings. The Hall–Kier alpha value is -0.163. The number of hydrogen-bond donors (Lipinski definition) is 0. The Bertz CT molecular complexity index is 422. The van der Waals surface area contributed by atoms with E-state index in [0.29, 0.717) is 11.1 Å². The third kappa shape index (κ3) is 13.0. The summed E-state index contributed by atoms with van der Waals surface area (Å²) in [6.07, 6.45) is 19.9. The lowest BCUT2D eigenvalue weighted by molar-refractivity contribution is -0.185. The average molecular weight is 427 g/mol. The lowest BCUT2D eigenvalue weighted by Crippen LogP contribution is -2.40. The van der Waals surface area contributed by atoms with Gasteiger partial charge in [-0.1, -0.05) is 52.2 Å². The van der Waals surface area contributed by atoms with Gasteiger partial charge < -0.3 is 13.9 Å². The number of rotatable bonds is 15. The molecular weight excluding hydrogens is 376 g/mol. The van der Waals surface area contributed by atoms with Gasteiger partial charge in [-0.05, 0) is 82.8 Å². The molecule has 0 aromatic carbocycles. The molecule has 1 heterocycles. The van der Waals surface area contributed by atoms with Gasteiger partial charge in [0, 0.05) is 13.2 Å². The minimum atomic E-state index is -1.55. The molecule has 0 aromatic rings. The van der Waals surface area contributed by atoms with Gasteiger partial charge in [0.1, 0.15) is 0 Å². The van der Waals surface area contributed by atoms with Crippen molar-refractivity contribution in [3.63, 3.8) is 0 Å². The molecule has 2 atom stereocenters. The van der Waals surface area contributed by atoms with Gasteiger partial charge in [0.2, 0.25) is 0 Å². The van der Waals surface area contributed by atoms with E-state index in [1.54, 1.807) is 0 Å². The molecule has 0 aliphatic carbocycles. The minimum Gasteiger partial charge on any atom is -0.417 e. The van der Waals surface area contributed by atoms with Crippen LogP contribution in [0.1, 0.15) is 105 Å². The van der Waals surface area contributed by atoms with E-state index in [1.165, 1.54) is 64.2 Å². The van der Waals surface area contributed by atoms with E-state index in [0.717, 1.165) is 26.1 Å². The molecule has 1 saturated heterocycles. The zero-order valence-electron chi connectivity index (χ0n) is 20.4. The topological polar surface area (TPSA) is 27.7 Å². The van der Waals surface area contributed by atoms with E-state index in [-0.39, 0.29) is 6.29 Å². The first-order chi connectivity index (χ1) is 13.7. The highest BCUT2D eigenvalue weighted by molar-refractivity contribution is 6.74. The molecule has 0 radical (unpaired) electrons. The van der Waals surface area contributed by atoms with E-state index in [9.17, 15) is 0 Å². The summed E-state index contributed by atoms with van der Waals surface area (Å²) in [5, 5.41) is 0.321. The Morgan fingerprint density at radius 2 is 1.62 bits per heavy atom. The molecule has 1 aliphatic heterocycles. The van der Waals surface area contributed by atoms with Gasteiger partial charge in [-0.15, -0.1) is 0 Å². The van der Waals surface area contributed by atoms with E-state index >= 15 is 0 Å². The molecular formula is C25H50O3Si. The van der Waals surface area contributed by atoms with Gasteiger partial charge in [0.25, 0.3) is 0 Å². The SMILES string of the molecule is CC(CCCCCC/C=C\CCCCO[Si](C)(C)C(C)(C)C)OC1CCCCO1. The molecule has 3 nitrogen and oxygen atoms in total. The Morgan fingerprint density at radius 1 is 0.966 bits per heavy atom. The molecule has 0 amide bonds. The highest BCUT2D eigenvalue weighted by atomic mass is 28.4. The van der Waals surface area contributed by atoms with Crippen LogP contribution in [-0.4, -0.2) is 33.9 Å². The maximum Gasteiger partial charge on any atom is 0.191 e. The zero-order valence-corrected chi connectivity index (χ0v) is 21.4. The number of unbranched alkanes of at least 4 members (excludes halogenated alkanes) is 6. The summed E-state index contributed by atoms with van der Waals surface area (Å²) in [4.78, 5) is 0. The second-order valence-electron chi connectivity index (χ2n) is 10.3. The van der Waals surface area contributed by atoms with Crippen LogP contribution in [0.25, 0.3) is 0 Å². The zero-order chi connectivity index (χ0) is 21.6. The summed E-state index contributed by atoms with van der Waals surface area (Å²) in [6, 6.07) is 0. The van der Waals surface area contributed by atoms with E-state index in [2.05, 4.69) is 52.9 Å². The Morgan fingerprint density at radius 3 is 2.24 bits per heavy atom. The molecule has 4 heteroatoms. The standard InChI is InChI=1S/C25H50O3Si/c1-23(28-24-20-16-18-21-26-24)19-15-13-11-9-7-8-10-12-14-17-22-27-29(5,6)25(2,3)4/h8,10,23-24H,7,9,11-22H2,1-6H3/b10-8-. The van der Waals surface area contributed by atoms with Crippen molar-refractivity contribution in [3.8, 4) is 0 Å². The van der Waals surface area contributed by atoms with Crippen LogP contribution < -0.4 is 0 Å². The first-order valence-electron chi connectivity index (χ1n) is 12.3. The average Bonchev–Trinajstić information content (AvgIpc) is 2.65. The maximum absolute atomic E-state index is 6.23. The van der Waals surface area contributed by atoms with Crippen molar-refractivity contribution in [2.45, 2.75) is 135 Å². The van der Waals surface area contributed by atoms with Gasteiger partial charge in [-0.3, -0.25) is 0 Å². The van der Waals surface area contributed by atoms with E-state index in [4.69, 9.17) is 13.9 Å². The smallest absolute Gasteiger partial charge is 0.191 e. The van der Waals surface area contributed by atoms with Crippen LogP contribution in [0.4, 0.5) is 0 Å². The molecule has 0 saturated carbocycles. The normalized spacial score (nSPS) is 19.7. The van der Waals surface area contributed by atoms with Crippen LogP contribution in [0.15, 0.2) is 12.2 Å². The monoisotopic (exact) mass is 426 g/mol. The molecule has 1 fully saturated rings. The van der Waals surface area contributed by atoms with Crippen molar-refractivity contribution < 1.29 is 13.9 Å². The summed E-state index contributed by atoms with van der Waals surface area (Å²) in [6.45, 7) is 15.6. The molecule has 0 aromatic heterocycles. The quantitative estimate of drug-likeness (QED) is 0.151. The van der Waals surface area contributed by atoms with Crippen molar-refractivity contribution in [3.05, 3.63) is 12.2 Å². The van der Waals surface area contributed by atoms with Gasteiger partial charge >= 0.3 is 0 Å². The number of ether oxygens (including phenoxy) is 2. The Balaban J connectivity index is 1.88. The van der Waals surface area contributed by atoms with Crippen LogP contribution in [0.5, 0.6) is 0 Å². The molecule has 0 spiro atoms. The highest BCUT2D eigenvalue weighted by Crippen LogP contribution is 2.36. The summed E-state index contributed by atoms with van der Waals surface area (Å²) >= 11 is 0. The molecule has 2 unspecified atom stereocenters. The van der Waals surface area contributed by atoms with Crippen molar-refractivity contribution in [1.29, 1.82) is 0 Å². The first-order valence-corrected chi connectivity index (χ1v) is 15.2. The lowest BCUT2D eigenvalue weighted by Gasteiger charge is -2.36. The fraction of sp³-hybridized carbons (Fsp3) is 0.920. The first kappa shape index (κ1) is 26.9. The van der Waals surface area contributed by atoms with Gasteiger partial charge in [-0.25, -0.2) is 0 Å². The van der Waals surface area contributed by atoms with Crippen molar-refractivity contribution in [2.24, 2.45) is 0 Å². The number of allylic oxidation sites excluding steroid dienone is 2. The van der Waals surface area contributed by atoms with Gasteiger partial charge in [0.05, 0.1) is 6.10 Å². The lowest BCUT2D eigenvalue weighted by atomic mass is 10.1. The fourth-order valence-electron chi connectivity index (χ4n) is 3.34. The second kappa shape index (κ2) is 14.8. The summed E-state index contributed by atoms with van der Waals surface area (Å²) in [7, 11) is -1.55. The van der Waals surface area contributed by atoms with Crippen LogP contribution in [0.2, 0.25) is 18.1 Å². The largest absolute Gasteiger partial charge is 0.417 e. The fourth-order valence-corrected chi connectivity index (χ4v) is 4.42. The molecule has 0 N–H and O–H groups in total. The summed E-state index contributed by atoms with van der Waals surface area (Å²) in [5.74, 6) is 0. The third-order valence-electron chi connectivity index (χ3n) is 6.45. The van der Waals surface area contributed by atoms with Crippen molar-refractivity contribution >= 4 is 8.32 Å². The van der Waals surface area contributed by atoms with Crippen LogP contribution >= 0.6 is 0 Å². The number of hydrogen-bond acceptors (Lipinski definition) is 3. The molecule has 29 heavy (non-hydrogen) atoms.